The van der Waals surface area contributed by atoms with Crippen molar-refractivity contribution in [3.63, 3.8) is 0 Å². The van der Waals surface area contributed by atoms with Crippen molar-refractivity contribution >= 4 is 28.9 Å². The Balaban J connectivity index is 1.76. The first-order valence-corrected chi connectivity index (χ1v) is 7.91. The molecule has 0 saturated heterocycles. The molecule has 5 nitrogen and oxygen atoms in total. The summed E-state index contributed by atoms with van der Waals surface area (Å²) in [6.45, 7) is 2.94. The van der Waals surface area contributed by atoms with E-state index in [2.05, 4.69) is 27.7 Å². The van der Waals surface area contributed by atoms with Gasteiger partial charge in [-0.1, -0.05) is 18.2 Å². The fourth-order valence-electron chi connectivity index (χ4n) is 2.62. The number of carbonyl (C=O) groups is 2. The Bertz CT molecular complexity index is 840. The largest absolute Gasteiger partial charge is 0.364 e. The molecule has 1 heterocycles. The van der Waals surface area contributed by atoms with Crippen LogP contribution in [-0.4, -0.2) is 24.9 Å². The molecular weight excluding hydrogens is 321 g/mol. The molecule has 0 unspecified atom stereocenters. The smallest absolute Gasteiger partial charge is 0.255 e. The molecule has 2 amide bonds. The summed E-state index contributed by atoms with van der Waals surface area (Å²) in [4.78, 5) is 25.7. The molecule has 3 rings (SSSR count). The first kappa shape index (κ1) is 16.7. The van der Waals surface area contributed by atoms with E-state index < -0.39 is 5.82 Å². The fraction of sp³-hybridized carbons (Fsp3) is 0.158. The highest BCUT2D eigenvalue weighted by molar-refractivity contribution is 6.05. The van der Waals surface area contributed by atoms with Crippen LogP contribution in [-0.2, 0) is 4.79 Å². The van der Waals surface area contributed by atoms with Crippen LogP contribution in [0.3, 0.4) is 0 Å². The first-order chi connectivity index (χ1) is 12.0. The number of hydrogen-bond donors (Lipinski definition) is 2. The van der Waals surface area contributed by atoms with Crippen LogP contribution in [0.5, 0.6) is 0 Å². The zero-order valence-corrected chi connectivity index (χ0v) is 13.8. The van der Waals surface area contributed by atoms with Crippen molar-refractivity contribution in [3.8, 4) is 0 Å². The van der Waals surface area contributed by atoms with Gasteiger partial charge in [0, 0.05) is 37.0 Å². The maximum absolute atomic E-state index is 13.7. The molecule has 0 spiro atoms. The van der Waals surface area contributed by atoms with E-state index in [9.17, 15) is 14.0 Å². The van der Waals surface area contributed by atoms with E-state index in [1.165, 1.54) is 25.1 Å². The lowest BCUT2D eigenvalue weighted by atomic mass is 10.1. The molecule has 25 heavy (non-hydrogen) atoms. The summed E-state index contributed by atoms with van der Waals surface area (Å²) in [5.74, 6) is -1.24. The van der Waals surface area contributed by atoms with Gasteiger partial charge in [0.05, 0.1) is 5.69 Å². The van der Waals surface area contributed by atoms with Crippen LogP contribution in [0.1, 0.15) is 17.3 Å². The fourth-order valence-corrected chi connectivity index (χ4v) is 2.62. The zero-order chi connectivity index (χ0) is 17.8. The Kier molecular flexibility index (Phi) is 4.79. The van der Waals surface area contributed by atoms with Crippen LogP contribution < -0.4 is 15.5 Å². The molecule has 0 atom stereocenters. The SMILES string of the molecule is CC(=O)Nc1cc(NC(=O)c2cccc(N3CC=CC3)c2)ccc1F. The van der Waals surface area contributed by atoms with E-state index in [1.54, 1.807) is 6.07 Å². The molecule has 0 bridgehead atoms. The molecule has 0 saturated carbocycles. The summed E-state index contributed by atoms with van der Waals surface area (Å²) < 4.78 is 13.7. The highest BCUT2D eigenvalue weighted by Gasteiger charge is 2.12. The monoisotopic (exact) mass is 339 g/mol. The number of nitrogens with zero attached hydrogens (tertiary/aromatic N) is 1. The van der Waals surface area contributed by atoms with Crippen molar-refractivity contribution in [1.29, 1.82) is 0 Å². The average molecular weight is 339 g/mol. The number of nitrogens with one attached hydrogen (secondary N) is 2. The quantitative estimate of drug-likeness (QED) is 0.839. The van der Waals surface area contributed by atoms with Gasteiger partial charge in [0.15, 0.2) is 0 Å². The van der Waals surface area contributed by atoms with Crippen LogP contribution in [0.2, 0.25) is 0 Å². The van der Waals surface area contributed by atoms with Gasteiger partial charge in [-0.05, 0) is 36.4 Å². The molecule has 2 aromatic rings. The highest BCUT2D eigenvalue weighted by Crippen LogP contribution is 2.22. The molecule has 1 aliphatic heterocycles. The van der Waals surface area contributed by atoms with Gasteiger partial charge in [0.25, 0.3) is 5.91 Å². The van der Waals surface area contributed by atoms with Gasteiger partial charge in [-0.25, -0.2) is 4.39 Å². The summed E-state index contributed by atoms with van der Waals surface area (Å²) >= 11 is 0. The number of rotatable bonds is 4. The van der Waals surface area contributed by atoms with Gasteiger partial charge < -0.3 is 15.5 Å². The van der Waals surface area contributed by atoms with Crippen LogP contribution in [0.4, 0.5) is 21.5 Å². The molecule has 2 N–H and O–H groups in total. The number of hydrogen-bond acceptors (Lipinski definition) is 3. The minimum atomic E-state index is -0.559. The second kappa shape index (κ2) is 7.17. The predicted molar refractivity (Wildman–Crippen MR) is 96.5 cm³/mol. The third-order valence-corrected chi connectivity index (χ3v) is 3.83. The van der Waals surface area contributed by atoms with Gasteiger partial charge in [-0.3, -0.25) is 9.59 Å². The number of anilines is 3. The van der Waals surface area contributed by atoms with Gasteiger partial charge in [-0.2, -0.15) is 0 Å². The minimum absolute atomic E-state index is 0.0298. The lowest BCUT2D eigenvalue weighted by Crippen LogP contribution is -2.19. The van der Waals surface area contributed by atoms with Crippen molar-refractivity contribution in [2.75, 3.05) is 28.6 Å². The van der Waals surface area contributed by atoms with Crippen LogP contribution in [0.25, 0.3) is 0 Å². The normalized spacial score (nSPS) is 13.0. The Morgan fingerprint density at radius 2 is 1.80 bits per heavy atom. The lowest BCUT2D eigenvalue weighted by molar-refractivity contribution is -0.114. The van der Waals surface area contributed by atoms with E-state index in [0.717, 1.165) is 18.8 Å². The number of halogens is 1. The highest BCUT2D eigenvalue weighted by atomic mass is 19.1. The Morgan fingerprint density at radius 1 is 1.04 bits per heavy atom. The third kappa shape index (κ3) is 4.03. The minimum Gasteiger partial charge on any atom is -0.364 e. The van der Waals surface area contributed by atoms with E-state index in [0.29, 0.717) is 11.3 Å². The summed E-state index contributed by atoms with van der Waals surface area (Å²) in [7, 11) is 0. The zero-order valence-electron chi connectivity index (χ0n) is 13.8. The van der Waals surface area contributed by atoms with Gasteiger partial charge in [0.2, 0.25) is 5.91 Å². The van der Waals surface area contributed by atoms with E-state index in [1.807, 2.05) is 18.2 Å². The Labute approximate surface area is 145 Å². The Morgan fingerprint density at radius 3 is 2.52 bits per heavy atom. The Hall–Kier alpha value is -3.15. The number of benzene rings is 2. The number of carbonyl (C=O) groups excluding carboxylic acids is 2. The molecule has 1 aliphatic rings. The van der Waals surface area contributed by atoms with Crippen molar-refractivity contribution in [2.45, 2.75) is 6.92 Å². The van der Waals surface area contributed by atoms with E-state index in [4.69, 9.17) is 0 Å². The molecule has 0 aliphatic carbocycles. The summed E-state index contributed by atoms with van der Waals surface area (Å²) in [5, 5.41) is 5.12. The molecular formula is C19H18FN3O2. The standard InChI is InChI=1S/C19H18FN3O2/c1-13(24)21-18-12-15(7-8-17(18)20)22-19(25)14-5-4-6-16(11-14)23-9-2-3-10-23/h2-8,11-12H,9-10H2,1H3,(H,21,24)(H,22,25). The van der Waals surface area contributed by atoms with E-state index >= 15 is 0 Å². The molecule has 0 aromatic heterocycles. The average Bonchev–Trinajstić information content (AvgIpc) is 3.12. The van der Waals surface area contributed by atoms with Crippen molar-refractivity contribution in [1.82, 2.24) is 0 Å². The second-order valence-electron chi connectivity index (χ2n) is 5.76. The topological polar surface area (TPSA) is 61.4 Å². The van der Waals surface area contributed by atoms with E-state index in [-0.39, 0.29) is 17.5 Å². The molecule has 2 aromatic carbocycles. The van der Waals surface area contributed by atoms with Crippen LogP contribution >= 0.6 is 0 Å². The van der Waals surface area contributed by atoms with Crippen molar-refractivity contribution in [3.05, 3.63) is 66.0 Å². The molecule has 128 valence electrons. The summed E-state index contributed by atoms with van der Waals surface area (Å²) in [5.41, 5.74) is 1.91. The molecule has 6 heteroatoms. The van der Waals surface area contributed by atoms with Gasteiger partial charge >= 0.3 is 0 Å². The summed E-state index contributed by atoms with van der Waals surface area (Å²) in [6.07, 6.45) is 4.16. The van der Waals surface area contributed by atoms with Crippen LogP contribution in [0.15, 0.2) is 54.6 Å². The maximum atomic E-state index is 13.7. The second-order valence-corrected chi connectivity index (χ2v) is 5.76. The lowest BCUT2D eigenvalue weighted by Gasteiger charge is -2.18. The predicted octanol–water partition coefficient (Wildman–Crippen LogP) is 3.41. The van der Waals surface area contributed by atoms with Crippen LogP contribution in [0, 0.1) is 5.82 Å². The van der Waals surface area contributed by atoms with Crippen molar-refractivity contribution < 1.29 is 14.0 Å². The summed E-state index contributed by atoms with van der Waals surface area (Å²) in [6, 6.07) is 11.4. The van der Waals surface area contributed by atoms with Gasteiger partial charge in [0.1, 0.15) is 5.82 Å². The molecule has 0 radical (unpaired) electrons. The maximum Gasteiger partial charge on any atom is 0.255 e. The molecule has 0 fully saturated rings. The number of amides is 2. The van der Waals surface area contributed by atoms with Crippen molar-refractivity contribution in [2.24, 2.45) is 0 Å². The van der Waals surface area contributed by atoms with Gasteiger partial charge in [-0.15, -0.1) is 0 Å². The third-order valence-electron chi connectivity index (χ3n) is 3.83. The first-order valence-electron chi connectivity index (χ1n) is 7.91.